The number of nitrogens with two attached hydrogens (primary N) is 1. The van der Waals surface area contributed by atoms with Crippen LogP contribution < -0.4 is 15.2 Å². The van der Waals surface area contributed by atoms with E-state index in [1.54, 1.807) is 6.26 Å². The highest BCUT2D eigenvalue weighted by molar-refractivity contribution is 7.82. The van der Waals surface area contributed by atoms with E-state index in [0.717, 1.165) is 38.8 Å². The van der Waals surface area contributed by atoms with Crippen LogP contribution in [-0.4, -0.2) is 23.5 Å². The van der Waals surface area contributed by atoms with Crippen LogP contribution in [0.25, 0.3) is 22.1 Å². The van der Waals surface area contributed by atoms with Crippen molar-refractivity contribution in [3.05, 3.63) is 125 Å². The monoisotopic (exact) mass is 568 g/mol. The second-order valence-corrected chi connectivity index (χ2v) is 10.8. The summed E-state index contributed by atoms with van der Waals surface area (Å²) in [5.41, 5.74) is 12.2. The van der Waals surface area contributed by atoms with Gasteiger partial charge in [-0.3, -0.25) is 4.79 Å². The fourth-order valence-corrected chi connectivity index (χ4v) is 5.41. The molecule has 0 aliphatic rings. The van der Waals surface area contributed by atoms with Crippen LogP contribution in [0.1, 0.15) is 34.1 Å². The minimum atomic E-state index is -1.28. The van der Waals surface area contributed by atoms with Crippen molar-refractivity contribution in [2.75, 3.05) is 13.4 Å². The van der Waals surface area contributed by atoms with E-state index in [-0.39, 0.29) is 19.0 Å². The Kier molecular flexibility index (Phi) is 8.94. The quantitative estimate of drug-likeness (QED) is 0.195. The summed E-state index contributed by atoms with van der Waals surface area (Å²) in [6.07, 6.45) is 1.73. The summed E-state index contributed by atoms with van der Waals surface area (Å²) in [5, 5.41) is 0.890. The molecule has 0 aliphatic carbocycles. The molecule has 4 aromatic carbocycles. The largest absolute Gasteiger partial charge is 0.489 e. The zero-order valence-electron chi connectivity index (χ0n) is 23.0. The molecule has 8 heteroatoms. The lowest BCUT2D eigenvalue weighted by Crippen LogP contribution is -2.23. The molecular weight excluding hydrogens is 536 g/mol. The third-order valence-corrected chi connectivity index (χ3v) is 7.37. The SMILES string of the molecule is COC(=O)Cc1ccccc1OCc1cc(-c2cccc(CN)c2)c2oc(C(NS(C)=O)c3ccccc3)cc2c1. The molecule has 0 radical (unpaired) electrons. The van der Waals surface area contributed by atoms with Gasteiger partial charge in [0.15, 0.2) is 0 Å². The molecule has 7 nitrogen and oxygen atoms in total. The molecule has 0 saturated heterocycles. The van der Waals surface area contributed by atoms with E-state index >= 15 is 0 Å². The van der Waals surface area contributed by atoms with Crippen LogP contribution in [0, 0.1) is 0 Å². The Labute approximate surface area is 241 Å². The maximum atomic E-state index is 12.3. The van der Waals surface area contributed by atoms with Crippen LogP contribution in [0.15, 0.2) is 101 Å². The highest BCUT2D eigenvalue weighted by atomic mass is 32.2. The lowest BCUT2D eigenvalue weighted by atomic mass is 9.98. The first-order chi connectivity index (χ1) is 19.9. The molecule has 0 aliphatic heterocycles. The first-order valence-electron chi connectivity index (χ1n) is 13.2. The summed E-state index contributed by atoms with van der Waals surface area (Å²) < 4.78 is 33.0. The van der Waals surface area contributed by atoms with Crippen LogP contribution in [0.4, 0.5) is 0 Å². The zero-order chi connectivity index (χ0) is 28.8. The van der Waals surface area contributed by atoms with Crippen molar-refractivity contribution < 1.29 is 22.9 Å². The number of hydrogen-bond donors (Lipinski definition) is 2. The number of carbonyl (C=O) groups is 1. The van der Waals surface area contributed by atoms with Gasteiger partial charge < -0.3 is 19.6 Å². The Balaban J connectivity index is 1.57. The molecule has 0 spiro atoms. The first-order valence-corrected chi connectivity index (χ1v) is 14.8. The molecule has 0 amide bonds. The fourth-order valence-electron chi connectivity index (χ4n) is 4.82. The number of carbonyl (C=O) groups excluding carboxylic acids is 1. The van der Waals surface area contributed by atoms with Gasteiger partial charge in [0.1, 0.15) is 29.7 Å². The highest BCUT2D eigenvalue weighted by Gasteiger charge is 2.22. The molecule has 2 atom stereocenters. The number of nitrogens with one attached hydrogen (secondary N) is 1. The van der Waals surface area contributed by atoms with Gasteiger partial charge in [-0.25, -0.2) is 8.93 Å². The number of furan rings is 1. The molecule has 2 unspecified atom stereocenters. The summed E-state index contributed by atoms with van der Waals surface area (Å²) in [7, 11) is 0.0955. The van der Waals surface area contributed by atoms with Crippen LogP contribution in [0.3, 0.4) is 0 Å². The number of hydrogen-bond acceptors (Lipinski definition) is 6. The van der Waals surface area contributed by atoms with Crippen molar-refractivity contribution in [1.82, 2.24) is 4.72 Å². The molecule has 3 N–H and O–H groups in total. The minimum Gasteiger partial charge on any atom is -0.489 e. The smallest absolute Gasteiger partial charge is 0.310 e. The predicted octanol–water partition coefficient (Wildman–Crippen LogP) is 5.83. The van der Waals surface area contributed by atoms with E-state index in [2.05, 4.69) is 16.9 Å². The lowest BCUT2D eigenvalue weighted by molar-refractivity contribution is -0.139. The van der Waals surface area contributed by atoms with E-state index in [1.807, 2.05) is 84.9 Å². The van der Waals surface area contributed by atoms with Crippen LogP contribution >= 0.6 is 0 Å². The van der Waals surface area contributed by atoms with Gasteiger partial charge in [-0.2, -0.15) is 0 Å². The lowest BCUT2D eigenvalue weighted by Gasteiger charge is -2.15. The molecule has 5 rings (SSSR count). The van der Waals surface area contributed by atoms with E-state index in [1.165, 1.54) is 7.11 Å². The van der Waals surface area contributed by atoms with E-state index in [4.69, 9.17) is 19.6 Å². The number of para-hydroxylation sites is 1. The molecule has 5 aromatic rings. The Hall–Kier alpha value is -4.24. The molecule has 0 saturated carbocycles. The Morgan fingerprint density at radius 2 is 1.73 bits per heavy atom. The Bertz CT molecular complexity index is 1680. The van der Waals surface area contributed by atoms with Crippen molar-refractivity contribution in [2.24, 2.45) is 5.73 Å². The summed E-state index contributed by atoms with van der Waals surface area (Å²) in [5.74, 6) is 0.945. The number of esters is 1. The van der Waals surface area contributed by atoms with Gasteiger partial charge in [0.25, 0.3) is 0 Å². The van der Waals surface area contributed by atoms with Gasteiger partial charge in [-0.15, -0.1) is 0 Å². The number of benzene rings is 4. The second kappa shape index (κ2) is 13.0. The topological polar surface area (TPSA) is 104 Å². The van der Waals surface area contributed by atoms with Crippen LogP contribution in [-0.2, 0) is 40.1 Å². The van der Waals surface area contributed by atoms with Crippen LogP contribution in [0.2, 0.25) is 0 Å². The van der Waals surface area contributed by atoms with E-state index in [9.17, 15) is 9.00 Å². The van der Waals surface area contributed by atoms with Gasteiger partial charge in [0.05, 0.1) is 24.5 Å². The average Bonchev–Trinajstić information content (AvgIpc) is 3.43. The van der Waals surface area contributed by atoms with Gasteiger partial charge >= 0.3 is 5.97 Å². The number of ether oxygens (including phenoxy) is 2. The van der Waals surface area contributed by atoms with Crippen molar-refractivity contribution >= 4 is 27.9 Å². The number of fused-ring (bicyclic) bond motifs is 1. The molecule has 41 heavy (non-hydrogen) atoms. The second-order valence-electron chi connectivity index (χ2n) is 9.68. The van der Waals surface area contributed by atoms with Gasteiger partial charge in [0, 0.05) is 29.3 Å². The van der Waals surface area contributed by atoms with Gasteiger partial charge in [-0.1, -0.05) is 66.7 Å². The maximum Gasteiger partial charge on any atom is 0.310 e. The molecular formula is C33H32N2O5S. The third-order valence-electron chi connectivity index (χ3n) is 6.80. The van der Waals surface area contributed by atoms with Crippen molar-refractivity contribution in [2.45, 2.75) is 25.6 Å². The van der Waals surface area contributed by atoms with Crippen molar-refractivity contribution in [3.8, 4) is 16.9 Å². The highest BCUT2D eigenvalue weighted by Crippen LogP contribution is 2.36. The van der Waals surface area contributed by atoms with Crippen molar-refractivity contribution in [1.29, 1.82) is 0 Å². The van der Waals surface area contributed by atoms with Crippen LogP contribution in [0.5, 0.6) is 5.75 Å². The Morgan fingerprint density at radius 1 is 0.951 bits per heavy atom. The summed E-state index contributed by atoms with van der Waals surface area (Å²) in [6, 6.07) is 31.0. The number of methoxy groups -OCH3 is 1. The van der Waals surface area contributed by atoms with Crippen molar-refractivity contribution in [3.63, 3.8) is 0 Å². The summed E-state index contributed by atoms with van der Waals surface area (Å²) in [6.45, 7) is 0.694. The molecule has 210 valence electrons. The summed E-state index contributed by atoms with van der Waals surface area (Å²) in [4.78, 5) is 11.9. The molecule has 1 aromatic heterocycles. The average molecular weight is 569 g/mol. The van der Waals surface area contributed by atoms with E-state index in [0.29, 0.717) is 23.6 Å². The fraction of sp³-hybridized carbons (Fsp3) is 0.182. The van der Waals surface area contributed by atoms with Gasteiger partial charge in [-0.05, 0) is 52.6 Å². The molecule has 1 heterocycles. The standard InChI is InChI=1S/C33H32N2O5S/c1-38-31(36)19-26-12-6-7-14-29(26)39-21-23-16-27-18-30(32(35-41(2)37)24-10-4-3-5-11-24)40-33(27)28(17-23)25-13-8-9-22(15-25)20-34/h3-18,32,35H,19-21,34H2,1-2H3. The molecule has 0 bridgehead atoms. The van der Waals surface area contributed by atoms with Gasteiger partial charge in [0.2, 0.25) is 0 Å². The normalized spacial score (nSPS) is 12.7. The first kappa shape index (κ1) is 28.3. The predicted molar refractivity (Wildman–Crippen MR) is 162 cm³/mol. The minimum absolute atomic E-state index is 0.126. The van der Waals surface area contributed by atoms with E-state index < -0.39 is 17.0 Å². The number of rotatable bonds is 11. The Morgan fingerprint density at radius 3 is 2.49 bits per heavy atom. The maximum absolute atomic E-state index is 12.3. The zero-order valence-corrected chi connectivity index (χ0v) is 23.8. The molecule has 0 fully saturated rings. The third kappa shape index (κ3) is 6.74. The summed E-state index contributed by atoms with van der Waals surface area (Å²) >= 11 is 0.